The molecule has 0 amide bonds. The number of hydrogen-bond donors (Lipinski definition) is 0. The predicted molar refractivity (Wildman–Crippen MR) is 124 cm³/mol. The Bertz CT molecular complexity index is 1080. The van der Waals surface area contributed by atoms with Crippen molar-refractivity contribution in [2.45, 2.75) is 13.8 Å². The zero-order chi connectivity index (χ0) is 20.8. The molecule has 0 fully saturated rings. The summed E-state index contributed by atoms with van der Waals surface area (Å²) in [4.78, 5) is 0. The van der Waals surface area contributed by atoms with E-state index in [1.165, 1.54) is 11.1 Å². The van der Waals surface area contributed by atoms with Gasteiger partial charge < -0.3 is 9.47 Å². The predicted octanol–water partition coefficient (Wildman–Crippen LogP) is 7.29. The van der Waals surface area contributed by atoms with Crippen molar-refractivity contribution in [3.63, 3.8) is 0 Å². The minimum atomic E-state index is 0.658. The first-order valence-electron chi connectivity index (χ1n) is 10.4. The van der Waals surface area contributed by atoms with Crippen LogP contribution in [0.3, 0.4) is 0 Å². The lowest BCUT2D eigenvalue weighted by atomic mass is 9.87. The molecule has 0 saturated heterocycles. The Hall–Kier alpha value is -3.52. The standard InChI is InChI=1S/C28H25O2/c1-3-29-24-17-13-22(14-18-24)27-12-8-11-26(21-9-6-5-7-10-21)28(27)23-15-19-25(20-16-23)30-4-2/h5-11,13-20H,3-4H2,1-2H3. The minimum absolute atomic E-state index is 0.658. The largest absolute Gasteiger partial charge is 0.494 e. The summed E-state index contributed by atoms with van der Waals surface area (Å²) in [6.45, 7) is 5.31. The van der Waals surface area contributed by atoms with Crippen molar-refractivity contribution in [3.05, 3.63) is 97.1 Å². The molecule has 30 heavy (non-hydrogen) atoms. The summed E-state index contributed by atoms with van der Waals surface area (Å²) in [6.07, 6.45) is 0. The highest BCUT2D eigenvalue weighted by molar-refractivity contribution is 5.94. The van der Waals surface area contributed by atoms with Crippen LogP contribution in [0.2, 0.25) is 0 Å². The highest BCUT2D eigenvalue weighted by Gasteiger charge is 2.14. The van der Waals surface area contributed by atoms with Crippen molar-refractivity contribution in [1.29, 1.82) is 0 Å². The van der Waals surface area contributed by atoms with Crippen LogP contribution in [0.4, 0.5) is 0 Å². The van der Waals surface area contributed by atoms with Crippen LogP contribution >= 0.6 is 0 Å². The van der Waals surface area contributed by atoms with Gasteiger partial charge in [-0.2, -0.15) is 0 Å². The zero-order valence-corrected chi connectivity index (χ0v) is 17.4. The van der Waals surface area contributed by atoms with Crippen LogP contribution in [0, 0.1) is 6.07 Å². The molecule has 4 aromatic rings. The Morgan fingerprint density at radius 2 is 1.17 bits per heavy atom. The number of hydrogen-bond acceptors (Lipinski definition) is 2. The lowest BCUT2D eigenvalue weighted by Gasteiger charge is -2.17. The van der Waals surface area contributed by atoms with Gasteiger partial charge in [-0.25, -0.2) is 0 Å². The number of ether oxygens (including phenoxy) is 2. The average molecular weight is 394 g/mol. The second-order valence-electron chi connectivity index (χ2n) is 6.92. The van der Waals surface area contributed by atoms with E-state index in [-0.39, 0.29) is 0 Å². The number of rotatable bonds is 7. The zero-order valence-electron chi connectivity index (χ0n) is 17.4. The van der Waals surface area contributed by atoms with Crippen LogP contribution in [-0.2, 0) is 0 Å². The molecule has 0 bridgehead atoms. The highest BCUT2D eigenvalue weighted by Crippen LogP contribution is 2.40. The van der Waals surface area contributed by atoms with Gasteiger partial charge in [-0.1, -0.05) is 66.7 Å². The molecule has 0 aliphatic rings. The van der Waals surface area contributed by atoms with Gasteiger partial charge in [0.2, 0.25) is 0 Å². The third-order valence-corrected chi connectivity index (χ3v) is 4.99. The van der Waals surface area contributed by atoms with Crippen molar-refractivity contribution in [2.24, 2.45) is 0 Å². The normalized spacial score (nSPS) is 10.6. The molecule has 0 unspecified atom stereocenters. The summed E-state index contributed by atoms with van der Waals surface area (Å²) in [7, 11) is 0. The quantitative estimate of drug-likeness (QED) is 0.328. The monoisotopic (exact) mass is 393 g/mol. The molecular formula is C28H25O2. The molecule has 0 aliphatic carbocycles. The van der Waals surface area contributed by atoms with Crippen molar-refractivity contribution in [1.82, 2.24) is 0 Å². The molecule has 2 nitrogen and oxygen atoms in total. The first-order chi connectivity index (χ1) is 14.8. The van der Waals surface area contributed by atoms with E-state index in [4.69, 9.17) is 9.47 Å². The fraction of sp³-hybridized carbons (Fsp3) is 0.143. The van der Waals surface area contributed by atoms with Crippen LogP contribution in [0.5, 0.6) is 11.5 Å². The maximum atomic E-state index is 5.64. The van der Waals surface area contributed by atoms with Crippen molar-refractivity contribution < 1.29 is 9.47 Å². The van der Waals surface area contributed by atoms with Gasteiger partial charge in [0.05, 0.1) is 13.2 Å². The second kappa shape index (κ2) is 9.32. The maximum absolute atomic E-state index is 5.64. The lowest BCUT2D eigenvalue weighted by molar-refractivity contribution is 0.340. The van der Waals surface area contributed by atoms with Crippen LogP contribution in [0.15, 0.2) is 91.0 Å². The first-order valence-corrected chi connectivity index (χ1v) is 10.4. The molecular weight excluding hydrogens is 368 g/mol. The third kappa shape index (κ3) is 4.23. The highest BCUT2D eigenvalue weighted by atomic mass is 16.5. The van der Waals surface area contributed by atoms with Gasteiger partial charge in [0, 0.05) is 0 Å². The molecule has 0 aromatic heterocycles. The SMILES string of the molecule is CCOc1ccc(-c2[c]ccc(-c3ccccc3)c2-c2ccc(OCC)cc2)cc1. The molecule has 0 heterocycles. The average Bonchev–Trinajstić information content (AvgIpc) is 2.81. The van der Waals surface area contributed by atoms with E-state index in [0.717, 1.165) is 33.8 Å². The summed E-state index contributed by atoms with van der Waals surface area (Å²) in [5.41, 5.74) is 6.85. The van der Waals surface area contributed by atoms with E-state index in [1.807, 2.05) is 50.2 Å². The van der Waals surface area contributed by atoms with E-state index in [9.17, 15) is 0 Å². The van der Waals surface area contributed by atoms with Gasteiger partial charge in [0.15, 0.2) is 0 Å². The fourth-order valence-corrected chi connectivity index (χ4v) is 3.65. The van der Waals surface area contributed by atoms with Gasteiger partial charge in [0.1, 0.15) is 11.5 Å². The number of benzene rings is 4. The lowest BCUT2D eigenvalue weighted by Crippen LogP contribution is -1.94. The summed E-state index contributed by atoms with van der Waals surface area (Å²) in [6, 6.07) is 34.7. The molecule has 149 valence electrons. The molecule has 4 rings (SSSR count). The van der Waals surface area contributed by atoms with Gasteiger partial charge in [-0.3, -0.25) is 0 Å². The Kier molecular flexibility index (Phi) is 6.14. The molecule has 0 atom stereocenters. The molecule has 2 heteroatoms. The van der Waals surface area contributed by atoms with E-state index < -0.39 is 0 Å². The van der Waals surface area contributed by atoms with Crippen LogP contribution in [-0.4, -0.2) is 13.2 Å². The van der Waals surface area contributed by atoms with Crippen LogP contribution in [0.25, 0.3) is 33.4 Å². The minimum Gasteiger partial charge on any atom is -0.494 e. The summed E-state index contributed by atoms with van der Waals surface area (Å²) in [5.74, 6) is 1.76. The molecule has 4 aromatic carbocycles. The van der Waals surface area contributed by atoms with Gasteiger partial charge in [-0.05, 0) is 77.6 Å². The van der Waals surface area contributed by atoms with E-state index in [0.29, 0.717) is 13.2 Å². The summed E-state index contributed by atoms with van der Waals surface area (Å²) in [5, 5.41) is 0. The first kappa shape index (κ1) is 19.8. The van der Waals surface area contributed by atoms with Crippen molar-refractivity contribution in [2.75, 3.05) is 13.2 Å². The van der Waals surface area contributed by atoms with E-state index in [2.05, 4.69) is 60.7 Å². The third-order valence-electron chi connectivity index (χ3n) is 4.99. The van der Waals surface area contributed by atoms with Crippen LogP contribution in [0.1, 0.15) is 13.8 Å². The Morgan fingerprint density at radius 3 is 1.73 bits per heavy atom. The van der Waals surface area contributed by atoms with Crippen molar-refractivity contribution in [3.8, 4) is 44.9 Å². The molecule has 0 spiro atoms. The maximum Gasteiger partial charge on any atom is 0.119 e. The van der Waals surface area contributed by atoms with Gasteiger partial charge >= 0.3 is 0 Å². The summed E-state index contributed by atoms with van der Waals surface area (Å²) >= 11 is 0. The second-order valence-corrected chi connectivity index (χ2v) is 6.92. The molecule has 1 radical (unpaired) electrons. The Morgan fingerprint density at radius 1 is 0.600 bits per heavy atom. The van der Waals surface area contributed by atoms with Crippen molar-refractivity contribution >= 4 is 0 Å². The smallest absolute Gasteiger partial charge is 0.119 e. The summed E-state index contributed by atoms with van der Waals surface area (Å²) < 4.78 is 11.3. The Balaban J connectivity index is 1.87. The topological polar surface area (TPSA) is 18.5 Å². The molecule has 0 saturated carbocycles. The molecule has 0 aliphatic heterocycles. The molecule has 0 N–H and O–H groups in total. The van der Waals surface area contributed by atoms with E-state index >= 15 is 0 Å². The van der Waals surface area contributed by atoms with Gasteiger partial charge in [-0.15, -0.1) is 0 Å². The van der Waals surface area contributed by atoms with E-state index in [1.54, 1.807) is 0 Å². The van der Waals surface area contributed by atoms with Gasteiger partial charge in [0.25, 0.3) is 0 Å². The van der Waals surface area contributed by atoms with Crippen LogP contribution < -0.4 is 9.47 Å². The fourth-order valence-electron chi connectivity index (χ4n) is 3.65. The Labute approximate surface area is 178 Å².